The van der Waals surface area contributed by atoms with Crippen molar-refractivity contribution in [3.05, 3.63) is 59.8 Å². The number of aliphatic carboxylic acids is 4. The molecule has 39 heavy (non-hydrogen) atoms. The minimum absolute atomic E-state index is 0.558. The van der Waals surface area contributed by atoms with Crippen molar-refractivity contribution in [2.75, 3.05) is 20.1 Å². The fourth-order valence-electron chi connectivity index (χ4n) is 5.12. The van der Waals surface area contributed by atoms with Gasteiger partial charge in [-0.15, -0.1) is 0 Å². The molecule has 1 aliphatic heterocycles. The number of benzene rings is 1. The van der Waals surface area contributed by atoms with Crippen molar-refractivity contribution in [3.8, 4) is 0 Å². The van der Waals surface area contributed by atoms with Crippen LogP contribution in [0.15, 0.2) is 48.7 Å². The molecule has 0 amide bonds. The van der Waals surface area contributed by atoms with E-state index in [2.05, 4.69) is 60.5 Å². The number of likely N-dealkylation sites (N-methyl/N-ethyl adjacent to an activating group) is 1. The zero-order valence-corrected chi connectivity index (χ0v) is 22.3. The molecule has 2 aliphatic rings. The molecule has 6 N–H and O–H groups in total. The van der Waals surface area contributed by atoms with Gasteiger partial charge in [0.15, 0.2) is 0 Å². The maximum atomic E-state index is 9.55. The van der Waals surface area contributed by atoms with Crippen LogP contribution in [0.2, 0.25) is 0 Å². The Morgan fingerprint density at radius 2 is 1.56 bits per heavy atom. The van der Waals surface area contributed by atoms with Crippen LogP contribution in [0.5, 0.6) is 0 Å². The van der Waals surface area contributed by atoms with E-state index in [1.54, 1.807) is 5.56 Å². The van der Waals surface area contributed by atoms with E-state index in [0.29, 0.717) is 42.3 Å². The summed E-state index contributed by atoms with van der Waals surface area (Å²) >= 11 is 0. The minimum atomic E-state index is -1.26. The van der Waals surface area contributed by atoms with Gasteiger partial charge >= 0.3 is 23.9 Å². The number of fused-ring (bicyclic) bond motifs is 2. The van der Waals surface area contributed by atoms with Crippen LogP contribution in [-0.2, 0) is 25.6 Å². The Kier molecular flexibility index (Phi) is 11.9. The van der Waals surface area contributed by atoms with Gasteiger partial charge in [0, 0.05) is 66.0 Å². The fraction of sp³-hybridized carbons (Fsp3) is 0.429. The topological polar surface area (TPSA) is 180 Å². The Morgan fingerprint density at radius 1 is 1.00 bits per heavy atom. The van der Waals surface area contributed by atoms with E-state index >= 15 is 0 Å². The van der Waals surface area contributed by atoms with Crippen molar-refractivity contribution in [2.24, 2.45) is 5.92 Å². The molecule has 4 rings (SSSR count). The van der Waals surface area contributed by atoms with E-state index in [1.165, 1.54) is 42.3 Å². The third kappa shape index (κ3) is 10.0. The molecule has 1 saturated heterocycles. The average molecular weight is 544 g/mol. The number of nitrogens with one attached hydrogen (secondary N) is 2. The Balaban J connectivity index is 0.000000277. The van der Waals surface area contributed by atoms with Crippen LogP contribution in [0.4, 0.5) is 0 Å². The minimum Gasteiger partial charge on any atom is -0.478 e. The van der Waals surface area contributed by atoms with Crippen LogP contribution in [0.1, 0.15) is 43.7 Å². The van der Waals surface area contributed by atoms with Crippen LogP contribution >= 0.6 is 0 Å². The van der Waals surface area contributed by atoms with Crippen molar-refractivity contribution in [1.29, 1.82) is 0 Å². The van der Waals surface area contributed by atoms with Crippen molar-refractivity contribution in [2.45, 2.75) is 51.1 Å². The SMILES string of the molecule is CC(C)NCC[C@@H]1C[C@@H]2c3cccc4[nH]cc(c34)C[C@H]2N(C)C1.O=C(O)/C=C\C(=O)O.O=C(O)/C=C\C(=O)O. The maximum Gasteiger partial charge on any atom is 0.328 e. The van der Waals surface area contributed by atoms with Gasteiger partial charge in [-0.2, -0.15) is 0 Å². The quantitative estimate of drug-likeness (QED) is 0.271. The van der Waals surface area contributed by atoms with E-state index in [9.17, 15) is 19.2 Å². The second-order valence-corrected chi connectivity index (χ2v) is 9.92. The average Bonchev–Trinajstić information content (AvgIpc) is 3.27. The van der Waals surface area contributed by atoms with Crippen LogP contribution in [0, 0.1) is 5.92 Å². The molecule has 0 bridgehead atoms. The third-order valence-corrected chi connectivity index (χ3v) is 6.65. The van der Waals surface area contributed by atoms with Gasteiger partial charge in [-0.1, -0.05) is 26.0 Å². The van der Waals surface area contributed by atoms with Crippen LogP contribution in [-0.4, -0.2) is 86.4 Å². The number of piperidine rings is 1. The predicted octanol–water partition coefficient (Wildman–Crippen LogP) is 2.94. The molecule has 1 aliphatic carbocycles. The van der Waals surface area contributed by atoms with Crippen LogP contribution in [0.3, 0.4) is 0 Å². The molecule has 2 aromatic rings. The molecule has 1 aromatic heterocycles. The normalized spacial score (nSPS) is 20.2. The number of carboxylic acids is 4. The van der Waals surface area contributed by atoms with E-state index in [-0.39, 0.29) is 0 Å². The summed E-state index contributed by atoms with van der Waals surface area (Å²) in [5, 5.41) is 36.4. The summed E-state index contributed by atoms with van der Waals surface area (Å²) in [6, 6.07) is 8.09. The van der Waals surface area contributed by atoms with Crippen molar-refractivity contribution in [3.63, 3.8) is 0 Å². The summed E-state index contributed by atoms with van der Waals surface area (Å²) in [4.78, 5) is 44.3. The second-order valence-electron chi connectivity index (χ2n) is 9.92. The maximum absolute atomic E-state index is 9.55. The summed E-state index contributed by atoms with van der Waals surface area (Å²) in [7, 11) is 2.33. The molecule has 0 spiro atoms. The molecule has 11 heteroatoms. The largest absolute Gasteiger partial charge is 0.478 e. The first-order chi connectivity index (χ1) is 18.4. The monoisotopic (exact) mass is 543 g/mol. The van der Waals surface area contributed by atoms with Crippen LogP contribution in [0.25, 0.3) is 10.9 Å². The van der Waals surface area contributed by atoms with Crippen molar-refractivity contribution < 1.29 is 39.6 Å². The molecule has 1 fully saturated rings. The Labute approximate surface area is 226 Å². The summed E-state index contributed by atoms with van der Waals surface area (Å²) in [6.45, 7) is 6.86. The lowest BCUT2D eigenvalue weighted by atomic mass is 9.72. The number of carbonyl (C=O) groups is 4. The van der Waals surface area contributed by atoms with Gasteiger partial charge in [0.05, 0.1) is 0 Å². The molecule has 1 aromatic carbocycles. The van der Waals surface area contributed by atoms with Crippen LogP contribution < -0.4 is 5.32 Å². The van der Waals surface area contributed by atoms with E-state index in [4.69, 9.17) is 20.4 Å². The Bertz CT molecular complexity index is 1150. The Hall–Kier alpha value is -3.96. The van der Waals surface area contributed by atoms with Gasteiger partial charge in [0.1, 0.15) is 0 Å². The molecule has 2 heterocycles. The number of nitrogens with zero attached hydrogens (tertiary/aromatic N) is 1. The predicted molar refractivity (Wildman–Crippen MR) is 146 cm³/mol. The number of hydrogen-bond donors (Lipinski definition) is 6. The highest BCUT2D eigenvalue weighted by Gasteiger charge is 2.39. The van der Waals surface area contributed by atoms with Gasteiger partial charge in [-0.05, 0) is 56.0 Å². The highest BCUT2D eigenvalue weighted by molar-refractivity contribution is 5.90. The lowest BCUT2D eigenvalue weighted by Gasteiger charge is -2.45. The van der Waals surface area contributed by atoms with E-state index in [0.717, 1.165) is 12.5 Å². The molecular weight excluding hydrogens is 506 g/mol. The smallest absolute Gasteiger partial charge is 0.328 e. The highest BCUT2D eigenvalue weighted by atomic mass is 16.4. The molecule has 11 nitrogen and oxygen atoms in total. The summed E-state index contributed by atoms with van der Waals surface area (Å²) < 4.78 is 0. The summed E-state index contributed by atoms with van der Waals surface area (Å²) in [6.07, 6.45) is 8.31. The number of carboxylic acid groups (broad SMARTS) is 4. The number of H-pyrrole nitrogens is 1. The molecular formula is C28H37N3O8. The standard InChI is InChI=1S/C20H29N3.2C4H4O4/c1-13(2)21-8-7-14-9-17-16-5-4-6-18-20(16)15(11-22-18)10-19(17)23(3)12-14;2*5-3(6)1-2-4(7)8/h4-6,11,13-14,17,19,21-22H,7-10,12H2,1-3H3;2*1-2H,(H,5,6)(H,7,8)/b;2*2-1-/t14-,17-,19-;;/m1../s1. The zero-order chi connectivity index (χ0) is 29.1. The third-order valence-electron chi connectivity index (χ3n) is 6.65. The number of aromatic amines is 1. The first-order valence-corrected chi connectivity index (χ1v) is 12.7. The fourth-order valence-corrected chi connectivity index (χ4v) is 5.12. The summed E-state index contributed by atoms with van der Waals surface area (Å²) in [5.41, 5.74) is 4.43. The molecule has 0 unspecified atom stereocenters. The van der Waals surface area contributed by atoms with Gasteiger partial charge in [0.25, 0.3) is 0 Å². The van der Waals surface area contributed by atoms with Crippen molar-refractivity contribution in [1.82, 2.24) is 15.2 Å². The second kappa shape index (κ2) is 14.8. The molecule has 212 valence electrons. The van der Waals surface area contributed by atoms with E-state index < -0.39 is 23.9 Å². The van der Waals surface area contributed by atoms with Gasteiger partial charge in [0.2, 0.25) is 0 Å². The first kappa shape index (κ1) is 31.3. The first-order valence-electron chi connectivity index (χ1n) is 12.7. The number of likely N-dealkylation sites (tertiary alicyclic amines) is 1. The van der Waals surface area contributed by atoms with Gasteiger partial charge in [-0.25, -0.2) is 19.2 Å². The van der Waals surface area contributed by atoms with Crippen molar-refractivity contribution >= 4 is 34.8 Å². The lowest BCUT2D eigenvalue weighted by Crippen LogP contribution is -2.48. The highest BCUT2D eigenvalue weighted by Crippen LogP contribution is 2.44. The molecule has 0 saturated carbocycles. The van der Waals surface area contributed by atoms with E-state index in [1.807, 2.05) is 0 Å². The van der Waals surface area contributed by atoms with Gasteiger partial charge < -0.3 is 35.6 Å². The summed E-state index contributed by atoms with van der Waals surface area (Å²) in [5.74, 6) is -3.52. The zero-order valence-electron chi connectivity index (χ0n) is 22.3. The Morgan fingerprint density at radius 3 is 2.08 bits per heavy atom. The number of hydrogen-bond acceptors (Lipinski definition) is 6. The molecule has 0 radical (unpaired) electrons. The number of aromatic nitrogens is 1. The van der Waals surface area contributed by atoms with Gasteiger partial charge in [-0.3, -0.25) is 0 Å². The molecule has 3 atom stereocenters. The number of rotatable bonds is 8. The lowest BCUT2D eigenvalue weighted by molar-refractivity contribution is -0.134.